The van der Waals surface area contributed by atoms with E-state index in [0.717, 1.165) is 18.4 Å². The Bertz CT molecular complexity index is 1900. The summed E-state index contributed by atoms with van der Waals surface area (Å²) in [4.78, 5) is 13.2. The van der Waals surface area contributed by atoms with Crippen molar-refractivity contribution >= 4 is 26.7 Å². The maximum atomic E-state index is 14.1. The Labute approximate surface area is 244 Å². The maximum Gasteiger partial charge on any atom is 0.265 e. The van der Waals surface area contributed by atoms with Gasteiger partial charge in [0.2, 0.25) is 0 Å². The van der Waals surface area contributed by atoms with E-state index in [1.165, 1.54) is 34.6 Å². The monoisotopic (exact) mass is 582 g/mol. The van der Waals surface area contributed by atoms with Crippen molar-refractivity contribution in [2.24, 2.45) is 0 Å². The minimum atomic E-state index is -4.08. The van der Waals surface area contributed by atoms with Crippen molar-refractivity contribution in [2.45, 2.75) is 36.6 Å². The summed E-state index contributed by atoms with van der Waals surface area (Å²) in [6.45, 7) is 0.0348. The first-order valence-corrected chi connectivity index (χ1v) is 15.1. The molecular formula is C32H30N4O5S. The third-order valence-electron chi connectivity index (χ3n) is 7.77. The number of fused-ring (bicyclic) bond motifs is 1. The van der Waals surface area contributed by atoms with E-state index < -0.39 is 10.0 Å². The number of anilines is 1. The van der Waals surface area contributed by atoms with Crippen molar-refractivity contribution in [1.29, 1.82) is 0 Å². The summed E-state index contributed by atoms with van der Waals surface area (Å²) in [6.07, 6.45) is 5.01. The smallest absolute Gasteiger partial charge is 0.265 e. The molecule has 0 unspecified atom stereocenters. The molecule has 1 aliphatic rings. The first-order chi connectivity index (χ1) is 20.4. The average Bonchev–Trinajstić information content (AvgIpc) is 2.99. The van der Waals surface area contributed by atoms with Crippen LogP contribution in [-0.2, 0) is 16.6 Å². The second-order valence-corrected chi connectivity index (χ2v) is 12.1. The van der Waals surface area contributed by atoms with Crippen molar-refractivity contribution in [2.75, 3.05) is 18.5 Å². The van der Waals surface area contributed by atoms with Crippen molar-refractivity contribution in [1.82, 2.24) is 14.8 Å². The van der Waals surface area contributed by atoms with Crippen LogP contribution in [0.25, 0.3) is 16.6 Å². The Balaban J connectivity index is 1.42. The van der Waals surface area contributed by atoms with Gasteiger partial charge in [0.25, 0.3) is 15.6 Å². The zero-order valence-corrected chi connectivity index (χ0v) is 24.1. The summed E-state index contributed by atoms with van der Waals surface area (Å²) < 4.78 is 41.9. The molecule has 0 spiro atoms. The molecule has 10 heteroatoms. The molecule has 5 aromatic rings. The second-order valence-electron chi connectivity index (χ2n) is 10.2. The van der Waals surface area contributed by atoms with Gasteiger partial charge in [0.1, 0.15) is 11.5 Å². The van der Waals surface area contributed by atoms with E-state index in [2.05, 4.69) is 10.2 Å². The third-order valence-corrected chi connectivity index (χ3v) is 9.52. The van der Waals surface area contributed by atoms with Gasteiger partial charge in [-0.25, -0.2) is 12.7 Å². The number of sulfonamides is 1. The van der Waals surface area contributed by atoms with Gasteiger partial charge in [-0.3, -0.25) is 9.36 Å². The average molecular weight is 583 g/mol. The topological polar surface area (TPSA) is 104 Å². The van der Waals surface area contributed by atoms with Crippen molar-refractivity contribution in [3.8, 4) is 17.2 Å². The number of benzene rings is 3. The van der Waals surface area contributed by atoms with Gasteiger partial charge in [0.15, 0.2) is 5.82 Å². The fourth-order valence-corrected chi connectivity index (χ4v) is 6.68. The van der Waals surface area contributed by atoms with E-state index in [0.29, 0.717) is 34.0 Å². The van der Waals surface area contributed by atoms with Gasteiger partial charge in [-0.2, -0.15) is 5.10 Å². The lowest BCUT2D eigenvalue weighted by Gasteiger charge is -2.26. The number of nitrogens with zero attached hydrogens (tertiary/aromatic N) is 4. The first-order valence-electron chi connectivity index (χ1n) is 13.7. The molecule has 0 atom stereocenters. The lowest BCUT2D eigenvalue weighted by atomic mass is 9.80. The molecule has 1 fully saturated rings. The number of aromatic nitrogens is 3. The van der Waals surface area contributed by atoms with Crippen LogP contribution in [0.15, 0.2) is 101 Å². The summed E-state index contributed by atoms with van der Waals surface area (Å²) >= 11 is 0. The zero-order valence-electron chi connectivity index (χ0n) is 23.3. The fraction of sp³-hybridized carbons (Fsp3) is 0.219. The highest BCUT2D eigenvalue weighted by molar-refractivity contribution is 7.92. The Morgan fingerprint density at radius 1 is 0.929 bits per heavy atom. The van der Waals surface area contributed by atoms with Crippen LogP contribution in [0.3, 0.4) is 0 Å². The number of hydrogen-bond acceptors (Lipinski definition) is 7. The van der Waals surface area contributed by atoms with Crippen LogP contribution in [0, 0.1) is 0 Å². The van der Waals surface area contributed by atoms with E-state index in [9.17, 15) is 13.2 Å². The number of ether oxygens (including phenoxy) is 2. The lowest BCUT2D eigenvalue weighted by Crippen LogP contribution is -2.31. The van der Waals surface area contributed by atoms with Crippen LogP contribution in [0.1, 0.15) is 36.3 Å². The predicted octanol–water partition coefficient (Wildman–Crippen LogP) is 5.46. The number of hydrogen-bond donors (Lipinski definition) is 0. The van der Waals surface area contributed by atoms with Crippen LogP contribution in [0.4, 0.5) is 5.82 Å². The van der Waals surface area contributed by atoms with Crippen LogP contribution in [-0.4, -0.2) is 37.4 Å². The van der Waals surface area contributed by atoms with E-state index in [1.54, 1.807) is 73.4 Å². The molecule has 214 valence electrons. The Hall–Kier alpha value is -4.70. The molecule has 0 radical (unpaired) electrons. The largest absolute Gasteiger partial charge is 0.497 e. The Morgan fingerprint density at radius 2 is 1.74 bits per heavy atom. The van der Waals surface area contributed by atoms with Crippen molar-refractivity contribution in [3.63, 3.8) is 0 Å². The summed E-state index contributed by atoms with van der Waals surface area (Å²) in [5, 5.41) is 8.58. The SMILES string of the molecule is COc1ccc(CN(c2cccnn2)S(=O)(=O)c2ccc3c(ccc(=O)n3-c3ccc(C4CCC4)cc3OC)c2)cc1. The molecule has 9 nitrogen and oxygen atoms in total. The first kappa shape index (κ1) is 27.5. The Morgan fingerprint density at radius 3 is 2.40 bits per heavy atom. The van der Waals surface area contributed by atoms with Gasteiger partial charge in [-0.15, -0.1) is 5.10 Å². The van der Waals surface area contributed by atoms with Crippen LogP contribution < -0.4 is 19.3 Å². The third kappa shape index (κ3) is 5.09. The molecule has 42 heavy (non-hydrogen) atoms. The highest BCUT2D eigenvalue weighted by Crippen LogP contribution is 2.39. The van der Waals surface area contributed by atoms with Gasteiger partial charge in [-0.05, 0) is 90.6 Å². The fourth-order valence-electron chi connectivity index (χ4n) is 5.25. The lowest BCUT2D eigenvalue weighted by molar-refractivity contribution is 0.401. The molecule has 2 heterocycles. The van der Waals surface area contributed by atoms with Crippen molar-refractivity contribution in [3.05, 3.63) is 113 Å². The number of methoxy groups -OCH3 is 2. The molecule has 0 bridgehead atoms. The number of pyridine rings is 1. The molecule has 0 saturated heterocycles. The normalized spacial score (nSPS) is 13.5. The van der Waals surface area contributed by atoms with E-state index in [1.807, 2.05) is 18.2 Å². The molecule has 0 N–H and O–H groups in total. The van der Waals surface area contributed by atoms with E-state index >= 15 is 0 Å². The highest BCUT2D eigenvalue weighted by Gasteiger charge is 2.28. The van der Waals surface area contributed by atoms with Gasteiger partial charge in [-0.1, -0.05) is 24.6 Å². The Kier molecular flexibility index (Phi) is 7.38. The molecule has 3 aromatic carbocycles. The maximum absolute atomic E-state index is 14.1. The summed E-state index contributed by atoms with van der Waals surface area (Å²) in [5.74, 6) is 1.97. The highest BCUT2D eigenvalue weighted by atomic mass is 32.2. The standard InChI is InChI=1S/C32H30N4O5S/c1-40-26-12-8-22(9-13-26)21-35(31-7-4-18-33-34-31)42(38,39)27-14-16-28-25(19-27)11-17-32(37)36(28)29-15-10-24(20-30(29)41-2)23-5-3-6-23/h4,7-20,23H,3,5-6,21H2,1-2H3. The van der Waals surface area contributed by atoms with Crippen molar-refractivity contribution < 1.29 is 17.9 Å². The number of rotatable bonds is 9. The van der Waals surface area contributed by atoms with E-state index in [-0.39, 0.29) is 22.8 Å². The van der Waals surface area contributed by atoms with Crippen LogP contribution in [0.2, 0.25) is 0 Å². The quantitative estimate of drug-likeness (QED) is 0.227. The zero-order chi connectivity index (χ0) is 29.3. The van der Waals surface area contributed by atoms with E-state index in [4.69, 9.17) is 9.47 Å². The van der Waals surface area contributed by atoms with Crippen LogP contribution in [0.5, 0.6) is 11.5 Å². The van der Waals surface area contributed by atoms with Crippen LogP contribution >= 0.6 is 0 Å². The summed E-state index contributed by atoms with van der Waals surface area (Å²) in [5.41, 5.74) is 2.87. The van der Waals surface area contributed by atoms with Gasteiger partial charge in [0.05, 0.1) is 36.9 Å². The summed E-state index contributed by atoms with van der Waals surface area (Å²) in [7, 11) is -0.918. The minimum Gasteiger partial charge on any atom is -0.497 e. The predicted molar refractivity (Wildman–Crippen MR) is 161 cm³/mol. The molecule has 1 aliphatic carbocycles. The van der Waals surface area contributed by atoms with Gasteiger partial charge >= 0.3 is 0 Å². The molecule has 0 aliphatic heterocycles. The molecule has 1 saturated carbocycles. The second kappa shape index (κ2) is 11.3. The molecule has 6 rings (SSSR count). The van der Waals surface area contributed by atoms with Gasteiger partial charge < -0.3 is 9.47 Å². The molecular weight excluding hydrogens is 552 g/mol. The molecule has 2 aromatic heterocycles. The molecule has 0 amide bonds. The van der Waals surface area contributed by atoms with Gasteiger partial charge in [0, 0.05) is 17.6 Å². The summed E-state index contributed by atoms with van der Waals surface area (Å²) in [6, 6.07) is 24.2. The minimum absolute atomic E-state index is 0.0348.